The molecule has 1 aromatic carbocycles. The summed E-state index contributed by atoms with van der Waals surface area (Å²) in [5.74, 6) is 0.434. The first-order valence-electron chi connectivity index (χ1n) is 5.11. The van der Waals surface area contributed by atoms with Crippen molar-refractivity contribution in [3.05, 3.63) is 29.8 Å². The van der Waals surface area contributed by atoms with E-state index in [4.69, 9.17) is 9.47 Å². The molecule has 0 bridgehead atoms. The lowest BCUT2D eigenvalue weighted by molar-refractivity contribution is -0.143. The first-order valence-corrected chi connectivity index (χ1v) is 5.11. The summed E-state index contributed by atoms with van der Waals surface area (Å²) in [6, 6.07) is 7.64. The van der Waals surface area contributed by atoms with Gasteiger partial charge in [-0.15, -0.1) is 0 Å². The van der Waals surface area contributed by atoms with Gasteiger partial charge in [0.2, 0.25) is 6.29 Å². The molecule has 0 N–H and O–H groups in total. The summed E-state index contributed by atoms with van der Waals surface area (Å²) in [4.78, 5) is 11.3. The first-order chi connectivity index (χ1) is 7.76. The van der Waals surface area contributed by atoms with E-state index in [0.717, 1.165) is 11.3 Å². The van der Waals surface area contributed by atoms with Crippen molar-refractivity contribution in [2.45, 2.75) is 18.6 Å². The Morgan fingerprint density at radius 1 is 1.38 bits per heavy atom. The van der Waals surface area contributed by atoms with Crippen LogP contribution in [0.4, 0.5) is 0 Å². The molecule has 2 atom stereocenters. The highest BCUT2D eigenvalue weighted by Gasteiger charge is 2.35. The van der Waals surface area contributed by atoms with Gasteiger partial charge in [-0.3, -0.25) is 4.79 Å². The van der Waals surface area contributed by atoms with Crippen molar-refractivity contribution >= 4 is 5.97 Å². The molecular weight excluding hydrogens is 208 g/mol. The molecule has 1 aromatic rings. The molecule has 0 amide bonds. The van der Waals surface area contributed by atoms with Crippen molar-refractivity contribution in [3.8, 4) is 5.75 Å². The molecule has 0 saturated carbocycles. The summed E-state index contributed by atoms with van der Waals surface area (Å²) in [7, 11) is 2.95. The largest absolute Gasteiger partial charge is 0.469 e. The number of carbonyl (C=O) groups is 1. The van der Waals surface area contributed by atoms with Gasteiger partial charge in [0.05, 0.1) is 19.4 Å². The minimum absolute atomic E-state index is 0.0892. The fourth-order valence-electron chi connectivity index (χ4n) is 1.93. The van der Waals surface area contributed by atoms with E-state index >= 15 is 0 Å². The number of para-hydroxylation sites is 1. The number of methoxy groups -OCH3 is 2. The molecule has 0 fully saturated rings. The first kappa shape index (κ1) is 11.0. The van der Waals surface area contributed by atoms with Crippen LogP contribution < -0.4 is 4.74 Å². The Balaban J connectivity index is 2.23. The van der Waals surface area contributed by atoms with Crippen molar-refractivity contribution in [1.82, 2.24) is 0 Å². The van der Waals surface area contributed by atoms with E-state index in [-0.39, 0.29) is 18.3 Å². The highest BCUT2D eigenvalue weighted by atomic mass is 16.7. The number of hydrogen-bond donors (Lipinski definition) is 0. The average Bonchev–Trinajstić information content (AvgIpc) is 2.67. The van der Waals surface area contributed by atoms with Gasteiger partial charge in [0.1, 0.15) is 5.75 Å². The molecule has 4 nitrogen and oxygen atoms in total. The van der Waals surface area contributed by atoms with E-state index in [9.17, 15) is 4.79 Å². The molecular formula is C12H14O4. The summed E-state index contributed by atoms with van der Waals surface area (Å²) in [6.45, 7) is 0. The van der Waals surface area contributed by atoms with E-state index in [1.165, 1.54) is 7.11 Å². The Bertz CT molecular complexity index is 388. The fraction of sp³-hybridized carbons (Fsp3) is 0.417. The van der Waals surface area contributed by atoms with Crippen LogP contribution in [0.15, 0.2) is 24.3 Å². The van der Waals surface area contributed by atoms with E-state index in [1.807, 2.05) is 24.3 Å². The maximum atomic E-state index is 11.3. The molecule has 0 aromatic heterocycles. The second kappa shape index (κ2) is 4.53. The molecule has 0 saturated heterocycles. The highest BCUT2D eigenvalue weighted by molar-refractivity contribution is 5.71. The predicted molar refractivity (Wildman–Crippen MR) is 57.2 cm³/mol. The lowest BCUT2D eigenvalue weighted by Gasteiger charge is -2.15. The van der Waals surface area contributed by atoms with E-state index in [1.54, 1.807) is 7.11 Å². The number of ether oxygens (including phenoxy) is 3. The van der Waals surface area contributed by atoms with Gasteiger partial charge in [-0.2, -0.15) is 0 Å². The Labute approximate surface area is 94.1 Å². The fourth-order valence-corrected chi connectivity index (χ4v) is 1.93. The minimum atomic E-state index is -0.406. The molecule has 16 heavy (non-hydrogen) atoms. The SMILES string of the molecule is COC(=O)CC1c2ccccc2OC1OC. The van der Waals surface area contributed by atoms with E-state index < -0.39 is 6.29 Å². The van der Waals surface area contributed by atoms with Crippen molar-refractivity contribution in [2.75, 3.05) is 14.2 Å². The van der Waals surface area contributed by atoms with Crippen LogP contribution in [0.2, 0.25) is 0 Å². The summed E-state index contributed by atoms with van der Waals surface area (Å²) < 4.78 is 15.5. The van der Waals surface area contributed by atoms with Crippen LogP contribution in [0, 0.1) is 0 Å². The lowest BCUT2D eigenvalue weighted by Crippen LogP contribution is -2.23. The van der Waals surface area contributed by atoms with Gasteiger partial charge < -0.3 is 14.2 Å². The normalized spacial score (nSPS) is 22.4. The highest BCUT2D eigenvalue weighted by Crippen LogP contribution is 2.40. The predicted octanol–water partition coefficient (Wildman–Crippen LogP) is 1.70. The van der Waals surface area contributed by atoms with Crippen LogP contribution in [-0.4, -0.2) is 26.5 Å². The number of fused-ring (bicyclic) bond motifs is 1. The van der Waals surface area contributed by atoms with Gasteiger partial charge in [-0.05, 0) is 6.07 Å². The number of benzene rings is 1. The Morgan fingerprint density at radius 3 is 2.81 bits per heavy atom. The molecule has 1 aliphatic rings. The maximum absolute atomic E-state index is 11.3. The zero-order chi connectivity index (χ0) is 11.5. The maximum Gasteiger partial charge on any atom is 0.306 e. The van der Waals surface area contributed by atoms with Gasteiger partial charge in [-0.25, -0.2) is 0 Å². The monoisotopic (exact) mass is 222 g/mol. The van der Waals surface area contributed by atoms with Gasteiger partial charge in [-0.1, -0.05) is 18.2 Å². The molecule has 0 radical (unpaired) electrons. The Hall–Kier alpha value is -1.55. The number of carbonyl (C=O) groups excluding carboxylic acids is 1. The molecule has 4 heteroatoms. The van der Waals surface area contributed by atoms with Crippen LogP contribution in [-0.2, 0) is 14.3 Å². The minimum Gasteiger partial charge on any atom is -0.469 e. The van der Waals surface area contributed by atoms with Crippen molar-refractivity contribution < 1.29 is 19.0 Å². The van der Waals surface area contributed by atoms with Gasteiger partial charge in [0.25, 0.3) is 0 Å². The van der Waals surface area contributed by atoms with E-state index in [0.29, 0.717) is 0 Å². The molecule has 0 spiro atoms. The van der Waals surface area contributed by atoms with Crippen LogP contribution in [0.25, 0.3) is 0 Å². The summed E-state index contributed by atoms with van der Waals surface area (Å²) in [6.07, 6.45) is -0.136. The van der Waals surface area contributed by atoms with Gasteiger partial charge >= 0.3 is 5.97 Å². The average molecular weight is 222 g/mol. The zero-order valence-corrected chi connectivity index (χ0v) is 9.30. The van der Waals surface area contributed by atoms with E-state index in [2.05, 4.69) is 4.74 Å². The molecule has 1 heterocycles. The third-order valence-corrected chi connectivity index (χ3v) is 2.74. The molecule has 1 aliphatic heterocycles. The third kappa shape index (κ3) is 1.88. The number of hydrogen-bond acceptors (Lipinski definition) is 4. The third-order valence-electron chi connectivity index (χ3n) is 2.74. The smallest absolute Gasteiger partial charge is 0.306 e. The van der Waals surface area contributed by atoms with Crippen molar-refractivity contribution in [3.63, 3.8) is 0 Å². The second-order valence-electron chi connectivity index (χ2n) is 3.65. The van der Waals surface area contributed by atoms with Crippen molar-refractivity contribution in [2.24, 2.45) is 0 Å². The Kier molecular flexibility index (Phi) is 3.10. The van der Waals surface area contributed by atoms with Gasteiger partial charge in [0.15, 0.2) is 0 Å². The van der Waals surface area contributed by atoms with Crippen LogP contribution in [0.3, 0.4) is 0 Å². The van der Waals surface area contributed by atoms with Crippen LogP contribution in [0.5, 0.6) is 5.75 Å². The topological polar surface area (TPSA) is 44.8 Å². The number of rotatable bonds is 3. The summed E-state index contributed by atoms with van der Waals surface area (Å²) in [5.41, 5.74) is 1.000. The molecule has 2 unspecified atom stereocenters. The zero-order valence-electron chi connectivity index (χ0n) is 9.30. The van der Waals surface area contributed by atoms with Crippen LogP contribution >= 0.6 is 0 Å². The second-order valence-corrected chi connectivity index (χ2v) is 3.65. The summed E-state index contributed by atoms with van der Waals surface area (Å²) >= 11 is 0. The quantitative estimate of drug-likeness (QED) is 0.730. The molecule has 0 aliphatic carbocycles. The molecule has 2 rings (SSSR count). The Morgan fingerprint density at radius 2 is 2.12 bits per heavy atom. The standard InChI is InChI=1S/C12H14O4/c1-14-11(13)7-9-8-5-3-4-6-10(8)16-12(9)15-2/h3-6,9,12H,7H2,1-2H3. The summed E-state index contributed by atoms with van der Waals surface area (Å²) in [5, 5.41) is 0. The van der Waals surface area contributed by atoms with Crippen LogP contribution in [0.1, 0.15) is 17.9 Å². The van der Waals surface area contributed by atoms with Gasteiger partial charge in [0, 0.05) is 12.7 Å². The molecule has 86 valence electrons. The number of esters is 1. The lowest BCUT2D eigenvalue weighted by atomic mass is 9.97. The van der Waals surface area contributed by atoms with Crippen molar-refractivity contribution in [1.29, 1.82) is 0 Å².